The van der Waals surface area contributed by atoms with Gasteiger partial charge in [-0.2, -0.15) is 4.31 Å². The minimum absolute atomic E-state index is 0.150. The Kier molecular flexibility index (Phi) is 6.23. The van der Waals surface area contributed by atoms with Gasteiger partial charge in [0, 0.05) is 37.9 Å². The Hall–Kier alpha value is -2.55. The number of nitrogens with one attached hydrogen (secondary N) is 1. The standard InChI is InChI=1S/C20H22FN3O3S/c1-23-11-13-24(14-12-23)28(26,27)19-4-2-3-18(15-19)22-20(25)10-7-16-5-8-17(21)9-6-16/h2-10,15H,11-14H2,1H3,(H,22,25)/b10-7+. The first-order valence-electron chi connectivity index (χ1n) is 8.88. The van der Waals surface area contributed by atoms with Gasteiger partial charge < -0.3 is 10.2 Å². The van der Waals surface area contributed by atoms with E-state index in [0.29, 0.717) is 37.4 Å². The second-order valence-corrected chi connectivity index (χ2v) is 8.55. The molecular weight excluding hydrogens is 381 g/mol. The van der Waals surface area contributed by atoms with Crippen molar-refractivity contribution in [3.05, 3.63) is 66.0 Å². The molecule has 1 aliphatic heterocycles. The molecule has 0 radical (unpaired) electrons. The number of nitrogens with zero attached hydrogens (tertiary/aromatic N) is 2. The molecule has 0 bridgehead atoms. The Morgan fingerprint density at radius 2 is 1.75 bits per heavy atom. The van der Waals surface area contributed by atoms with Crippen molar-refractivity contribution in [3.8, 4) is 0 Å². The fourth-order valence-corrected chi connectivity index (χ4v) is 4.31. The zero-order valence-corrected chi connectivity index (χ0v) is 16.3. The summed E-state index contributed by atoms with van der Waals surface area (Å²) in [5.41, 5.74) is 1.08. The molecule has 2 aromatic rings. The van der Waals surface area contributed by atoms with Crippen LogP contribution in [0.2, 0.25) is 0 Å². The normalized spacial score (nSPS) is 16.4. The summed E-state index contributed by atoms with van der Waals surface area (Å²) in [5.74, 6) is -0.751. The van der Waals surface area contributed by atoms with E-state index in [0.717, 1.165) is 0 Å². The number of rotatable bonds is 5. The summed E-state index contributed by atoms with van der Waals surface area (Å²) in [7, 11) is -1.64. The zero-order valence-electron chi connectivity index (χ0n) is 15.5. The lowest BCUT2D eigenvalue weighted by atomic mass is 10.2. The van der Waals surface area contributed by atoms with Gasteiger partial charge in [0.1, 0.15) is 5.82 Å². The molecule has 0 spiro atoms. The van der Waals surface area contributed by atoms with Crippen LogP contribution in [0.4, 0.5) is 10.1 Å². The molecule has 1 fully saturated rings. The number of piperazine rings is 1. The van der Waals surface area contributed by atoms with E-state index in [9.17, 15) is 17.6 Å². The maximum absolute atomic E-state index is 12.9. The molecule has 1 amide bonds. The Morgan fingerprint density at radius 3 is 2.43 bits per heavy atom. The maximum Gasteiger partial charge on any atom is 0.248 e. The molecule has 0 atom stereocenters. The van der Waals surface area contributed by atoms with Crippen molar-refractivity contribution in [2.75, 3.05) is 38.5 Å². The molecule has 1 saturated heterocycles. The first kappa shape index (κ1) is 20.2. The van der Waals surface area contributed by atoms with Crippen LogP contribution in [0, 0.1) is 5.82 Å². The first-order chi connectivity index (χ1) is 13.3. The number of likely N-dealkylation sites (N-methyl/N-ethyl adjacent to an activating group) is 1. The first-order valence-corrected chi connectivity index (χ1v) is 10.3. The van der Waals surface area contributed by atoms with E-state index in [1.807, 2.05) is 7.05 Å². The largest absolute Gasteiger partial charge is 0.322 e. The molecule has 1 aliphatic rings. The topological polar surface area (TPSA) is 69.7 Å². The average Bonchev–Trinajstić information content (AvgIpc) is 2.68. The van der Waals surface area contributed by atoms with Gasteiger partial charge in [0.2, 0.25) is 15.9 Å². The third-order valence-corrected chi connectivity index (χ3v) is 6.39. The van der Waals surface area contributed by atoms with Gasteiger partial charge in [-0.15, -0.1) is 0 Å². The molecule has 0 unspecified atom stereocenters. The highest BCUT2D eigenvalue weighted by molar-refractivity contribution is 7.89. The highest BCUT2D eigenvalue weighted by Crippen LogP contribution is 2.21. The van der Waals surface area contributed by atoms with Crippen molar-refractivity contribution in [1.29, 1.82) is 0 Å². The Labute approximate surface area is 164 Å². The van der Waals surface area contributed by atoms with Crippen LogP contribution in [0.15, 0.2) is 59.5 Å². The number of amides is 1. The molecule has 6 nitrogen and oxygen atoms in total. The van der Waals surface area contributed by atoms with Crippen LogP contribution in [-0.2, 0) is 14.8 Å². The number of anilines is 1. The summed E-state index contributed by atoms with van der Waals surface area (Å²) in [6, 6.07) is 11.9. The highest BCUT2D eigenvalue weighted by Gasteiger charge is 2.27. The number of carbonyl (C=O) groups is 1. The van der Waals surface area contributed by atoms with Crippen LogP contribution >= 0.6 is 0 Å². The molecule has 3 rings (SSSR count). The van der Waals surface area contributed by atoms with Crippen LogP contribution in [0.25, 0.3) is 6.08 Å². The molecular formula is C20H22FN3O3S. The molecule has 0 aromatic heterocycles. The van der Waals surface area contributed by atoms with E-state index in [2.05, 4.69) is 10.2 Å². The SMILES string of the molecule is CN1CCN(S(=O)(=O)c2cccc(NC(=O)/C=C/c3ccc(F)cc3)c2)CC1. The van der Waals surface area contributed by atoms with Gasteiger partial charge in [-0.1, -0.05) is 18.2 Å². The monoisotopic (exact) mass is 403 g/mol. The summed E-state index contributed by atoms with van der Waals surface area (Å²) in [6.07, 6.45) is 2.87. The lowest BCUT2D eigenvalue weighted by molar-refractivity contribution is -0.111. The van der Waals surface area contributed by atoms with Crippen molar-refractivity contribution >= 4 is 27.7 Å². The Bertz CT molecular complexity index is 966. The molecule has 8 heteroatoms. The van der Waals surface area contributed by atoms with Gasteiger partial charge >= 0.3 is 0 Å². The van der Waals surface area contributed by atoms with E-state index in [1.54, 1.807) is 30.3 Å². The number of hydrogen-bond acceptors (Lipinski definition) is 4. The summed E-state index contributed by atoms with van der Waals surface area (Å²) >= 11 is 0. The molecule has 0 saturated carbocycles. The number of halogens is 1. The summed E-state index contributed by atoms with van der Waals surface area (Å²) in [6.45, 7) is 2.25. The van der Waals surface area contributed by atoms with Crippen molar-refractivity contribution in [3.63, 3.8) is 0 Å². The molecule has 1 heterocycles. The van der Waals surface area contributed by atoms with Crippen LogP contribution in [0.3, 0.4) is 0 Å². The van der Waals surface area contributed by atoms with Gasteiger partial charge in [0.25, 0.3) is 0 Å². The maximum atomic E-state index is 12.9. The van der Waals surface area contributed by atoms with E-state index in [-0.39, 0.29) is 10.7 Å². The number of sulfonamides is 1. The quantitative estimate of drug-likeness (QED) is 0.779. The van der Waals surface area contributed by atoms with Crippen molar-refractivity contribution in [2.45, 2.75) is 4.90 Å². The smallest absolute Gasteiger partial charge is 0.248 e. The van der Waals surface area contributed by atoms with Crippen molar-refractivity contribution < 1.29 is 17.6 Å². The van der Waals surface area contributed by atoms with E-state index in [1.165, 1.54) is 34.6 Å². The van der Waals surface area contributed by atoms with E-state index in [4.69, 9.17) is 0 Å². The highest BCUT2D eigenvalue weighted by atomic mass is 32.2. The number of carbonyl (C=O) groups excluding carboxylic acids is 1. The van der Waals surface area contributed by atoms with Crippen LogP contribution in [0.1, 0.15) is 5.56 Å². The van der Waals surface area contributed by atoms with Crippen LogP contribution in [-0.4, -0.2) is 56.8 Å². The van der Waals surface area contributed by atoms with Gasteiger partial charge in [0.15, 0.2) is 0 Å². The zero-order chi connectivity index (χ0) is 20.1. The van der Waals surface area contributed by atoms with Gasteiger partial charge in [0.05, 0.1) is 4.90 Å². The van der Waals surface area contributed by atoms with Gasteiger partial charge in [-0.25, -0.2) is 12.8 Å². The van der Waals surface area contributed by atoms with Gasteiger partial charge in [-0.3, -0.25) is 4.79 Å². The average molecular weight is 403 g/mol. The van der Waals surface area contributed by atoms with Crippen molar-refractivity contribution in [2.24, 2.45) is 0 Å². The fourth-order valence-electron chi connectivity index (χ4n) is 2.84. The second kappa shape index (κ2) is 8.64. The van der Waals surface area contributed by atoms with Crippen molar-refractivity contribution in [1.82, 2.24) is 9.21 Å². The van der Waals surface area contributed by atoms with Crippen LogP contribution in [0.5, 0.6) is 0 Å². The summed E-state index contributed by atoms with van der Waals surface area (Å²) in [5, 5.41) is 2.66. The molecule has 1 N–H and O–H groups in total. The fraction of sp³-hybridized carbons (Fsp3) is 0.250. The van der Waals surface area contributed by atoms with Gasteiger partial charge in [-0.05, 0) is 49.0 Å². The predicted molar refractivity (Wildman–Crippen MR) is 107 cm³/mol. The third kappa shape index (κ3) is 5.03. The summed E-state index contributed by atoms with van der Waals surface area (Å²) < 4.78 is 40.0. The number of benzene rings is 2. The minimum Gasteiger partial charge on any atom is -0.322 e. The summed E-state index contributed by atoms with van der Waals surface area (Å²) in [4.78, 5) is 14.3. The molecule has 28 heavy (non-hydrogen) atoms. The minimum atomic E-state index is -3.60. The lowest BCUT2D eigenvalue weighted by Crippen LogP contribution is -2.47. The second-order valence-electron chi connectivity index (χ2n) is 6.61. The van der Waals surface area contributed by atoms with E-state index < -0.39 is 15.9 Å². The molecule has 148 valence electrons. The van der Waals surface area contributed by atoms with Crippen LogP contribution < -0.4 is 5.32 Å². The Balaban J connectivity index is 1.69. The molecule has 0 aliphatic carbocycles. The lowest BCUT2D eigenvalue weighted by Gasteiger charge is -2.31. The molecule has 2 aromatic carbocycles. The number of hydrogen-bond donors (Lipinski definition) is 1. The Morgan fingerprint density at radius 1 is 1.07 bits per heavy atom. The predicted octanol–water partition coefficient (Wildman–Crippen LogP) is 2.41. The third-order valence-electron chi connectivity index (χ3n) is 4.50. The van der Waals surface area contributed by atoms with E-state index >= 15 is 0 Å².